The number of nitrogens with one attached hydrogen (secondary N) is 1. The van der Waals surface area contributed by atoms with Gasteiger partial charge in [0.15, 0.2) is 5.82 Å². The average molecular weight is 511 g/mol. The van der Waals surface area contributed by atoms with Gasteiger partial charge in [-0.3, -0.25) is 0 Å². The molecule has 1 saturated carbocycles. The molecule has 1 aromatic carbocycles. The number of rotatable bonds is 6. The van der Waals surface area contributed by atoms with E-state index < -0.39 is 18.2 Å². The molecular weight excluding hydrogens is 479 g/mol. The molecule has 0 unspecified atom stereocenters. The second kappa shape index (κ2) is 10.2. The predicted octanol–water partition coefficient (Wildman–Crippen LogP) is 5.96. The number of hydrogen-bond acceptors (Lipinski definition) is 5. The molecule has 5 rings (SSSR count). The molecule has 10 heteroatoms. The number of benzene rings is 1. The van der Waals surface area contributed by atoms with Crippen LogP contribution in [0.15, 0.2) is 24.3 Å². The normalized spacial score (nSPS) is 25.5. The number of fused-ring (bicyclic) bond motifs is 1. The molecule has 2 aromatic rings. The zero-order valence-electron chi connectivity index (χ0n) is 20.2. The van der Waals surface area contributed by atoms with Crippen molar-refractivity contribution in [3.05, 3.63) is 41.0 Å². The summed E-state index contributed by atoms with van der Waals surface area (Å²) in [5, 5.41) is 11.2. The Morgan fingerprint density at radius 1 is 1.06 bits per heavy atom. The molecular formula is C26H31F5N4O. The largest absolute Gasteiger partial charge is 0.416 e. The lowest BCUT2D eigenvalue weighted by atomic mass is 10.00. The Morgan fingerprint density at radius 3 is 2.39 bits per heavy atom. The van der Waals surface area contributed by atoms with Crippen LogP contribution in [0.1, 0.15) is 48.8 Å². The monoisotopic (exact) mass is 510 g/mol. The number of alkyl halides is 5. The van der Waals surface area contributed by atoms with E-state index in [0.717, 1.165) is 76.7 Å². The second-order valence-corrected chi connectivity index (χ2v) is 10.5. The lowest BCUT2D eigenvalue weighted by Crippen LogP contribution is -2.32. The maximum absolute atomic E-state index is 14.0. The molecule has 0 bridgehead atoms. The maximum atomic E-state index is 14.0. The van der Waals surface area contributed by atoms with Crippen LogP contribution >= 0.6 is 0 Å². The Balaban J connectivity index is 1.26. The number of nitrogens with zero attached hydrogens (tertiary/aromatic N) is 3. The summed E-state index contributed by atoms with van der Waals surface area (Å²) in [6.07, 6.45) is -3.38. The number of ether oxygens (including phenoxy) is 1. The van der Waals surface area contributed by atoms with Crippen molar-refractivity contribution in [2.45, 2.75) is 51.3 Å². The van der Waals surface area contributed by atoms with E-state index in [1.807, 2.05) is 0 Å². The van der Waals surface area contributed by atoms with Crippen LogP contribution in [0.3, 0.4) is 0 Å². The number of aromatic nitrogens is 2. The van der Waals surface area contributed by atoms with Crippen molar-refractivity contribution >= 4 is 5.82 Å². The van der Waals surface area contributed by atoms with E-state index in [1.54, 1.807) is 6.92 Å². The van der Waals surface area contributed by atoms with Gasteiger partial charge >= 0.3 is 6.18 Å². The summed E-state index contributed by atoms with van der Waals surface area (Å²) in [4.78, 5) is 2.54. The van der Waals surface area contributed by atoms with Crippen LogP contribution in [-0.4, -0.2) is 54.0 Å². The molecule has 2 aliphatic heterocycles. The summed E-state index contributed by atoms with van der Waals surface area (Å²) >= 11 is 0. The number of halogens is 5. The first-order chi connectivity index (χ1) is 17.2. The number of likely N-dealkylation sites (tertiary alicyclic amines) is 1. The van der Waals surface area contributed by atoms with Gasteiger partial charge < -0.3 is 15.0 Å². The number of aryl methyl sites for hydroxylation is 1. The minimum atomic E-state index is -4.54. The Kier molecular flexibility index (Phi) is 7.18. The SMILES string of the molecule is Cc1ccc(C(F)(F)F)cc1-c1cc(C(F)F)c(N[C@H]2C[C@@H]3CN(CC4CCOCC4)C[C@@H]3C2)nn1. The summed E-state index contributed by atoms with van der Waals surface area (Å²) in [5.41, 5.74) is -0.534. The van der Waals surface area contributed by atoms with Gasteiger partial charge in [0.1, 0.15) is 0 Å². The first kappa shape index (κ1) is 25.3. The molecule has 3 atom stereocenters. The van der Waals surface area contributed by atoms with Crippen LogP contribution < -0.4 is 5.32 Å². The first-order valence-electron chi connectivity index (χ1n) is 12.6. The third kappa shape index (κ3) is 5.49. The molecule has 1 aliphatic carbocycles. The van der Waals surface area contributed by atoms with Gasteiger partial charge in [0.2, 0.25) is 0 Å². The molecule has 0 spiro atoms. The minimum Gasteiger partial charge on any atom is -0.381 e. The van der Waals surface area contributed by atoms with Crippen molar-refractivity contribution in [3.8, 4) is 11.3 Å². The lowest BCUT2D eigenvalue weighted by Gasteiger charge is -2.28. The van der Waals surface area contributed by atoms with Crippen molar-refractivity contribution in [1.82, 2.24) is 15.1 Å². The summed E-state index contributed by atoms with van der Waals surface area (Å²) in [5.74, 6) is 1.76. The van der Waals surface area contributed by atoms with Gasteiger partial charge in [0.25, 0.3) is 6.43 Å². The van der Waals surface area contributed by atoms with E-state index in [9.17, 15) is 22.0 Å². The lowest BCUT2D eigenvalue weighted by molar-refractivity contribution is -0.137. The Labute approximate surface area is 207 Å². The molecule has 1 N–H and O–H groups in total. The highest BCUT2D eigenvalue weighted by Gasteiger charge is 2.41. The summed E-state index contributed by atoms with van der Waals surface area (Å²) in [6.45, 7) is 6.47. The van der Waals surface area contributed by atoms with Crippen molar-refractivity contribution in [1.29, 1.82) is 0 Å². The molecule has 0 radical (unpaired) electrons. The van der Waals surface area contributed by atoms with E-state index >= 15 is 0 Å². The van der Waals surface area contributed by atoms with Crippen molar-refractivity contribution in [2.75, 3.05) is 38.2 Å². The van der Waals surface area contributed by atoms with Crippen LogP contribution in [0, 0.1) is 24.7 Å². The molecule has 2 saturated heterocycles. The molecule has 3 heterocycles. The van der Waals surface area contributed by atoms with E-state index in [4.69, 9.17) is 4.74 Å². The van der Waals surface area contributed by atoms with Crippen molar-refractivity contribution < 1.29 is 26.7 Å². The summed E-state index contributed by atoms with van der Waals surface area (Å²) in [7, 11) is 0. The highest BCUT2D eigenvalue weighted by Crippen LogP contribution is 2.41. The predicted molar refractivity (Wildman–Crippen MR) is 126 cm³/mol. The van der Waals surface area contributed by atoms with Gasteiger partial charge in [-0.25, -0.2) is 8.78 Å². The van der Waals surface area contributed by atoms with Crippen LogP contribution in [0.25, 0.3) is 11.3 Å². The van der Waals surface area contributed by atoms with Gasteiger partial charge in [0, 0.05) is 44.5 Å². The van der Waals surface area contributed by atoms with Gasteiger partial charge in [-0.05, 0) is 74.1 Å². The average Bonchev–Trinajstić information content (AvgIpc) is 3.37. The minimum absolute atomic E-state index is 0.00601. The van der Waals surface area contributed by atoms with Crippen LogP contribution in [-0.2, 0) is 10.9 Å². The zero-order chi connectivity index (χ0) is 25.4. The van der Waals surface area contributed by atoms with Gasteiger partial charge in [0.05, 0.1) is 16.8 Å². The summed E-state index contributed by atoms with van der Waals surface area (Å²) in [6, 6.07) is 4.41. The Hall–Kier alpha value is -2.33. The summed E-state index contributed by atoms with van der Waals surface area (Å²) < 4.78 is 72.9. The van der Waals surface area contributed by atoms with E-state index in [-0.39, 0.29) is 28.7 Å². The van der Waals surface area contributed by atoms with Crippen molar-refractivity contribution in [2.24, 2.45) is 17.8 Å². The van der Waals surface area contributed by atoms with Gasteiger partial charge in [-0.1, -0.05) is 6.07 Å². The maximum Gasteiger partial charge on any atom is 0.416 e. The van der Waals surface area contributed by atoms with Crippen molar-refractivity contribution in [3.63, 3.8) is 0 Å². The van der Waals surface area contributed by atoms with Gasteiger partial charge in [-0.2, -0.15) is 13.2 Å². The molecule has 196 valence electrons. The molecule has 3 fully saturated rings. The Morgan fingerprint density at radius 2 is 1.75 bits per heavy atom. The molecule has 0 amide bonds. The fraction of sp³-hybridized carbons (Fsp3) is 0.615. The third-order valence-electron chi connectivity index (χ3n) is 7.92. The Bertz CT molecular complexity index is 1060. The number of hydrogen-bond donors (Lipinski definition) is 1. The fourth-order valence-electron chi connectivity index (χ4n) is 6.04. The molecule has 1 aromatic heterocycles. The quantitative estimate of drug-likeness (QED) is 0.487. The molecule has 3 aliphatic rings. The number of anilines is 1. The third-order valence-corrected chi connectivity index (χ3v) is 7.92. The molecule has 5 nitrogen and oxygen atoms in total. The zero-order valence-corrected chi connectivity index (χ0v) is 20.2. The first-order valence-corrected chi connectivity index (χ1v) is 12.6. The fourth-order valence-corrected chi connectivity index (χ4v) is 6.04. The second-order valence-electron chi connectivity index (χ2n) is 10.5. The standard InChI is InChI=1S/C26H31F5N4O/c1-15-2-3-19(26(29,30)31)10-21(15)23-11-22(24(27)28)25(34-33-23)32-20-8-17-13-35(14-18(17)9-20)12-16-4-6-36-7-5-16/h2-3,10-11,16-18,20,24H,4-9,12-14H2,1H3,(H,32,34)/t17-,18+,20+. The topological polar surface area (TPSA) is 50.3 Å². The van der Waals surface area contributed by atoms with Crippen LogP contribution in [0.5, 0.6) is 0 Å². The molecule has 36 heavy (non-hydrogen) atoms. The van der Waals surface area contributed by atoms with E-state index in [2.05, 4.69) is 20.4 Å². The van der Waals surface area contributed by atoms with E-state index in [1.165, 1.54) is 6.07 Å². The van der Waals surface area contributed by atoms with Gasteiger partial charge in [-0.15, -0.1) is 10.2 Å². The highest BCUT2D eigenvalue weighted by atomic mass is 19.4. The smallest absolute Gasteiger partial charge is 0.381 e. The highest BCUT2D eigenvalue weighted by molar-refractivity contribution is 5.66. The van der Waals surface area contributed by atoms with E-state index in [0.29, 0.717) is 23.3 Å². The van der Waals surface area contributed by atoms with Crippen LogP contribution in [0.2, 0.25) is 0 Å². The van der Waals surface area contributed by atoms with Crippen LogP contribution in [0.4, 0.5) is 27.8 Å².